The van der Waals surface area contributed by atoms with Crippen LogP contribution in [0.4, 0.5) is 19.4 Å². The summed E-state index contributed by atoms with van der Waals surface area (Å²) >= 11 is 6.00. The van der Waals surface area contributed by atoms with Gasteiger partial charge in [0.15, 0.2) is 5.82 Å². The molecule has 1 aliphatic rings. The molecule has 0 bridgehead atoms. The molecule has 2 aromatic carbocycles. The number of carbonyl (C=O) groups excluding carboxylic acids is 1. The molecule has 1 unspecified atom stereocenters. The van der Waals surface area contributed by atoms with E-state index in [0.717, 1.165) is 21.2 Å². The predicted molar refractivity (Wildman–Crippen MR) is 125 cm³/mol. The number of benzene rings is 2. The van der Waals surface area contributed by atoms with Gasteiger partial charge in [0.1, 0.15) is 11.3 Å². The van der Waals surface area contributed by atoms with E-state index in [0.29, 0.717) is 16.5 Å². The zero-order valence-corrected chi connectivity index (χ0v) is 19.4. The largest absolute Gasteiger partial charge is 0.444 e. The van der Waals surface area contributed by atoms with Crippen molar-refractivity contribution in [2.75, 3.05) is 18.4 Å². The van der Waals surface area contributed by atoms with Crippen LogP contribution in [-0.2, 0) is 4.74 Å². The van der Waals surface area contributed by atoms with Crippen molar-refractivity contribution in [1.82, 2.24) is 15.1 Å². The van der Waals surface area contributed by atoms with Gasteiger partial charge < -0.3 is 15.0 Å². The Hall–Kier alpha value is -3.00. The van der Waals surface area contributed by atoms with Crippen LogP contribution in [0.3, 0.4) is 0 Å². The maximum absolute atomic E-state index is 14.5. The summed E-state index contributed by atoms with van der Waals surface area (Å²) in [7, 11) is 0. The molecule has 33 heavy (non-hydrogen) atoms. The molecule has 0 aliphatic carbocycles. The van der Waals surface area contributed by atoms with Crippen molar-refractivity contribution in [3.05, 3.63) is 53.6 Å². The number of amides is 1. The quantitative estimate of drug-likeness (QED) is 0.503. The van der Waals surface area contributed by atoms with Crippen molar-refractivity contribution in [3.63, 3.8) is 0 Å². The van der Waals surface area contributed by atoms with Crippen LogP contribution >= 0.6 is 11.6 Å². The molecule has 1 aromatic heterocycles. The number of aromatic nitrogens is 2. The van der Waals surface area contributed by atoms with E-state index < -0.39 is 36.6 Å². The van der Waals surface area contributed by atoms with Crippen molar-refractivity contribution in [1.29, 1.82) is 0 Å². The van der Waals surface area contributed by atoms with Crippen LogP contribution in [0.25, 0.3) is 22.0 Å². The van der Waals surface area contributed by atoms with Crippen LogP contribution in [0.5, 0.6) is 0 Å². The molecule has 1 fully saturated rings. The molecule has 0 spiro atoms. The highest BCUT2D eigenvalue weighted by atomic mass is 35.5. The van der Waals surface area contributed by atoms with Gasteiger partial charge in [0.05, 0.1) is 12.6 Å². The van der Waals surface area contributed by atoms with Gasteiger partial charge in [-0.25, -0.2) is 13.6 Å². The molecule has 4 rings (SSSR count). The molecule has 1 N–H and O–H groups in total. The number of alkyl halides is 2. The molecule has 9 heteroatoms. The Morgan fingerprint density at radius 1 is 1.12 bits per heavy atom. The molecule has 174 valence electrons. The first-order chi connectivity index (χ1) is 15.5. The molecule has 0 saturated carbocycles. The topological polar surface area (TPSA) is 67.3 Å². The Kier molecular flexibility index (Phi) is 6.14. The lowest BCUT2D eigenvalue weighted by molar-refractivity contribution is -0.0722. The third-order valence-corrected chi connectivity index (χ3v) is 5.46. The molecule has 1 saturated heterocycles. The minimum absolute atomic E-state index is 0.0689. The highest BCUT2D eigenvalue weighted by molar-refractivity contribution is 6.30. The lowest BCUT2D eigenvalue weighted by atomic mass is 10.0. The van der Waals surface area contributed by atoms with Gasteiger partial charge in [-0.3, -0.25) is 0 Å². The lowest BCUT2D eigenvalue weighted by Crippen LogP contribution is -2.54. The number of nitrogens with zero attached hydrogens (tertiary/aromatic N) is 3. The van der Waals surface area contributed by atoms with E-state index in [-0.39, 0.29) is 6.54 Å². The Bertz CT molecular complexity index is 1170. The Morgan fingerprint density at radius 3 is 2.45 bits per heavy atom. The second kappa shape index (κ2) is 8.74. The number of likely N-dealkylation sites (tertiary alicyclic amines) is 1. The fraction of sp³-hybridized carbons (Fsp3) is 0.375. The van der Waals surface area contributed by atoms with Crippen LogP contribution in [-0.4, -0.2) is 51.8 Å². The number of anilines is 1. The number of nitrogens with one attached hydrogen (secondary N) is 1. The molecule has 1 atom stereocenters. The average Bonchev–Trinajstić information content (AvgIpc) is 2.72. The van der Waals surface area contributed by atoms with Gasteiger partial charge in [-0.2, -0.15) is 0 Å². The number of hydrogen-bond donors (Lipinski definition) is 1. The summed E-state index contributed by atoms with van der Waals surface area (Å²) in [5.74, 6) is -2.67. The summed E-state index contributed by atoms with van der Waals surface area (Å²) in [4.78, 5) is 13.5. The second-order valence-corrected chi connectivity index (χ2v) is 9.65. The Labute approximate surface area is 195 Å². The molecule has 1 amide bonds. The Morgan fingerprint density at radius 2 is 1.79 bits per heavy atom. The van der Waals surface area contributed by atoms with Gasteiger partial charge >= 0.3 is 6.09 Å². The number of rotatable bonds is 3. The first kappa shape index (κ1) is 23.2. The maximum atomic E-state index is 14.5. The van der Waals surface area contributed by atoms with Gasteiger partial charge in [-0.1, -0.05) is 48.0 Å². The summed E-state index contributed by atoms with van der Waals surface area (Å²) < 4.78 is 34.3. The average molecular weight is 475 g/mol. The van der Waals surface area contributed by atoms with Gasteiger partial charge in [0, 0.05) is 34.3 Å². The highest BCUT2D eigenvalue weighted by Crippen LogP contribution is 2.33. The van der Waals surface area contributed by atoms with Crippen molar-refractivity contribution >= 4 is 34.3 Å². The van der Waals surface area contributed by atoms with Crippen molar-refractivity contribution in [3.8, 4) is 11.3 Å². The third-order valence-electron chi connectivity index (χ3n) is 5.21. The number of ether oxygens (including phenoxy) is 1. The zero-order chi connectivity index (χ0) is 23.8. The van der Waals surface area contributed by atoms with Crippen molar-refractivity contribution in [2.45, 2.75) is 44.8 Å². The smallest absolute Gasteiger partial charge is 0.410 e. The number of piperidine rings is 1. The van der Waals surface area contributed by atoms with Crippen LogP contribution < -0.4 is 5.32 Å². The van der Waals surface area contributed by atoms with Crippen molar-refractivity contribution < 1.29 is 18.3 Å². The summed E-state index contributed by atoms with van der Waals surface area (Å²) in [5, 5.41) is 13.9. The van der Waals surface area contributed by atoms with Crippen LogP contribution in [0.2, 0.25) is 5.02 Å². The SMILES string of the molecule is CC(C)(C)OC(=O)N1CC(Nc2nnc(-c3ccc(Cl)cc3)c3ccccc23)CC(F)(F)C1. The molecule has 6 nitrogen and oxygen atoms in total. The van der Waals surface area contributed by atoms with E-state index in [1.54, 1.807) is 32.9 Å². The molecule has 1 aliphatic heterocycles. The zero-order valence-electron chi connectivity index (χ0n) is 18.6. The summed E-state index contributed by atoms with van der Waals surface area (Å²) in [6.07, 6.45) is -1.19. The number of fused-ring (bicyclic) bond motifs is 1. The van der Waals surface area contributed by atoms with E-state index in [9.17, 15) is 13.6 Å². The molecule has 2 heterocycles. The first-order valence-electron chi connectivity index (χ1n) is 10.6. The lowest BCUT2D eigenvalue weighted by Gasteiger charge is -2.38. The van der Waals surface area contributed by atoms with Crippen LogP contribution in [0.1, 0.15) is 27.2 Å². The first-order valence-corrected chi connectivity index (χ1v) is 11.0. The van der Waals surface area contributed by atoms with Crippen LogP contribution in [0.15, 0.2) is 48.5 Å². The highest BCUT2D eigenvalue weighted by Gasteiger charge is 2.43. The van der Waals surface area contributed by atoms with Gasteiger partial charge in [0.25, 0.3) is 5.92 Å². The van der Waals surface area contributed by atoms with Gasteiger partial charge in [-0.15, -0.1) is 10.2 Å². The molecule has 3 aromatic rings. The normalized spacial score (nSPS) is 18.2. The van der Waals surface area contributed by atoms with E-state index in [4.69, 9.17) is 16.3 Å². The minimum Gasteiger partial charge on any atom is -0.444 e. The number of halogens is 3. The second-order valence-electron chi connectivity index (χ2n) is 9.21. The van der Waals surface area contributed by atoms with E-state index in [2.05, 4.69) is 15.5 Å². The molecular formula is C24H25ClF2N4O2. The van der Waals surface area contributed by atoms with Crippen LogP contribution in [0, 0.1) is 0 Å². The minimum atomic E-state index is -3.06. The van der Waals surface area contributed by atoms with Gasteiger partial charge in [0.2, 0.25) is 0 Å². The fourth-order valence-electron chi connectivity index (χ4n) is 3.89. The predicted octanol–water partition coefficient (Wildman–Crippen LogP) is 6.01. The van der Waals surface area contributed by atoms with E-state index >= 15 is 0 Å². The number of carbonyl (C=O) groups is 1. The Balaban J connectivity index is 1.62. The standard InChI is InChI=1S/C24H25ClF2N4O2/c1-23(2,3)33-22(32)31-13-17(12-24(26,27)14-31)28-21-19-7-5-4-6-18(19)20(29-30-21)15-8-10-16(25)11-9-15/h4-11,17H,12-14H2,1-3H3,(H,28,30). The summed E-state index contributed by atoms with van der Waals surface area (Å²) in [6.45, 7) is 4.49. The van der Waals surface area contributed by atoms with Gasteiger partial charge in [-0.05, 0) is 32.9 Å². The monoisotopic (exact) mass is 474 g/mol. The number of hydrogen-bond acceptors (Lipinski definition) is 5. The maximum Gasteiger partial charge on any atom is 0.410 e. The van der Waals surface area contributed by atoms with E-state index in [1.807, 2.05) is 36.4 Å². The molecular weight excluding hydrogens is 450 g/mol. The summed E-state index contributed by atoms with van der Waals surface area (Å²) in [5.41, 5.74) is 0.735. The fourth-order valence-corrected chi connectivity index (χ4v) is 4.01. The molecule has 0 radical (unpaired) electrons. The van der Waals surface area contributed by atoms with Crippen molar-refractivity contribution in [2.24, 2.45) is 0 Å². The van der Waals surface area contributed by atoms with E-state index in [1.165, 1.54) is 0 Å². The third kappa shape index (κ3) is 5.50. The summed E-state index contributed by atoms with van der Waals surface area (Å²) in [6, 6.07) is 14.0.